The fourth-order valence-corrected chi connectivity index (χ4v) is 10.1. The Balaban J connectivity index is 1.57. The molecule has 0 bridgehead atoms. The molecule has 0 aliphatic rings. The van der Waals surface area contributed by atoms with Crippen molar-refractivity contribution in [1.29, 1.82) is 0 Å². The van der Waals surface area contributed by atoms with Gasteiger partial charge >= 0.3 is 0 Å². The van der Waals surface area contributed by atoms with E-state index in [-0.39, 0.29) is 58.0 Å². The summed E-state index contributed by atoms with van der Waals surface area (Å²) in [7, 11) is 1.62. The van der Waals surface area contributed by atoms with Crippen molar-refractivity contribution in [3.8, 4) is 17.1 Å². The first kappa shape index (κ1) is 34.9. The van der Waals surface area contributed by atoms with Crippen molar-refractivity contribution in [2.24, 2.45) is 23.7 Å². The van der Waals surface area contributed by atoms with Crippen LogP contribution in [0.15, 0.2) is 79.8 Å². The average molecular weight is 733 g/mol. The summed E-state index contributed by atoms with van der Waals surface area (Å²) in [5.74, 6) is 1.39. The second-order valence-electron chi connectivity index (χ2n) is 16.7. The third kappa shape index (κ3) is 4.68. The molecule has 9 rings (SSSR count). The molecule has 9 nitrogen and oxygen atoms in total. The molecule has 55 heavy (non-hydrogen) atoms. The van der Waals surface area contributed by atoms with E-state index in [0.717, 1.165) is 37.9 Å². The number of H-pyrrole nitrogens is 1. The standard InChI is InChI=1S/C46H44N4O5/c1-20(2)40(21(3)4)49-43(51)28-16-14-26-27-15-17-29-35-31(46(54)50(44(29)52)41(22(5)6)23(7)8)19-33-39(37(27)35)38-32(18-30(45(49)53)34(28)36(26)38)47-42(48-33)24-10-12-25(55-9)13-11-24/h10-23,40-41H,1-9H3,(H,47,48). The lowest BCUT2D eigenvalue weighted by molar-refractivity contribution is 0.277. The topological polar surface area (TPSA) is 116 Å². The van der Waals surface area contributed by atoms with Gasteiger partial charge in [0, 0.05) is 66.3 Å². The zero-order valence-corrected chi connectivity index (χ0v) is 32.6. The summed E-state index contributed by atoms with van der Waals surface area (Å²) < 4.78 is 8.39. The number of rotatable bonds is 8. The minimum atomic E-state index is -0.333. The lowest BCUT2D eigenvalue weighted by Crippen LogP contribution is -2.40. The number of hydrogen-bond donors (Lipinski definition) is 1. The molecule has 9 aromatic rings. The molecule has 0 atom stereocenters. The van der Waals surface area contributed by atoms with Crippen molar-refractivity contribution in [1.82, 2.24) is 19.1 Å². The maximum Gasteiger partial charge on any atom is 0.261 e. The molecule has 0 spiro atoms. The summed E-state index contributed by atoms with van der Waals surface area (Å²) in [4.78, 5) is 67.5. The van der Waals surface area contributed by atoms with E-state index in [1.54, 1.807) is 7.11 Å². The molecule has 0 amide bonds. The Bertz CT molecular complexity index is 3030. The fourth-order valence-electron chi connectivity index (χ4n) is 10.1. The molecule has 0 saturated heterocycles. The highest BCUT2D eigenvalue weighted by atomic mass is 16.5. The number of benzene rings is 6. The largest absolute Gasteiger partial charge is 0.497 e. The predicted molar refractivity (Wildman–Crippen MR) is 225 cm³/mol. The molecule has 0 saturated carbocycles. The van der Waals surface area contributed by atoms with E-state index >= 15 is 0 Å². The molecule has 0 unspecified atom stereocenters. The van der Waals surface area contributed by atoms with E-state index in [9.17, 15) is 19.2 Å². The highest BCUT2D eigenvalue weighted by Crippen LogP contribution is 2.47. The summed E-state index contributed by atoms with van der Waals surface area (Å²) in [6.45, 7) is 16.4. The maximum absolute atomic E-state index is 14.8. The number of fused-ring (bicyclic) bond motifs is 1. The smallest absolute Gasteiger partial charge is 0.261 e. The van der Waals surface area contributed by atoms with Crippen LogP contribution in [0.4, 0.5) is 0 Å². The molecule has 0 aliphatic heterocycles. The van der Waals surface area contributed by atoms with Crippen LogP contribution in [-0.4, -0.2) is 26.2 Å². The van der Waals surface area contributed by atoms with Gasteiger partial charge in [0.15, 0.2) is 0 Å². The Hall–Kier alpha value is -5.83. The third-order valence-electron chi connectivity index (χ3n) is 12.1. The Morgan fingerprint density at radius 2 is 0.945 bits per heavy atom. The number of nitrogens with one attached hydrogen (secondary N) is 1. The van der Waals surface area contributed by atoms with E-state index in [1.165, 1.54) is 9.13 Å². The lowest BCUT2D eigenvalue weighted by Gasteiger charge is -2.28. The summed E-state index contributed by atoms with van der Waals surface area (Å²) in [6, 6.07) is 18.2. The summed E-state index contributed by atoms with van der Waals surface area (Å²) in [6.07, 6.45) is 0. The van der Waals surface area contributed by atoms with Gasteiger partial charge in [0.1, 0.15) is 11.6 Å². The van der Waals surface area contributed by atoms with Crippen molar-refractivity contribution in [3.05, 3.63) is 102 Å². The minimum absolute atomic E-state index is 0.0412. The van der Waals surface area contributed by atoms with Crippen LogP contribution in [0.2, 0.25) is 0 Å². The summed E-state index contributed by atoms with van der Waals surface area (Å²) in [5.41, 5.74) is 0.733. The Morgan fingerprint density at radius 1 is 0.509 bits per heavy atom. The molecule has 3 aromatic heterocycles. The van der Waals surface area contributed by atoms with E-state index in [0.29, 0.717) is 54.9 Å². The number of aromatic nitrogens is 4. The molecule has 0 fully saturated rings. The Kier molecular flexibility index (Phi) is 7.67. The van der Waals surface area contributed by atoms with Gasteiger partial charge in [-0.05, 0) is 83.0 Å². The van der Waals surface area contributed by atoms with Crippen LogP contribution in [0.25, 0.3) is 87.1 Å². The molecule has 6 aromatic carbocycles. The second-order valence-corrected chi connectivity index (χ2v) is 16.7. The number of pyridine rings is 2. The van der Waals surface area contributed by atoms with E-state index in [1.807, 2.05) is 116 Å². The first-order valence-electron chi connectivity index (χ1n) is 19.3. The SMILES string of the molecule is COc1ccc(-c2nc3cc4c(=O)n(C(C(C)C)C(C)C)c(=O)c5ccc6c7ccc8c(=O)n(C(C(C)C)C(C)C)c(=O)c9cc([nH]2)c(c3c6c54)c7c89)cc1. The lowest BCUT2D eigenvalue weighted by atomic mass is 9.84. The quantitative estimate of drug-likeness (QED) is 0.123. The third-order valence-corrected chi connectivity index (χ3v) is 12.1. The Morgan fingerprint density at radius 3 is 1.42 bits per heavy atom. The van der Waals surface area contributed by atoms with Gasteiger partial charge in [-0.2, -0.15) is 0 Å². The number of ether oxygens (including phenoxy) is 1. The molecule has 0 aliphatic carbocycles. The molecule has 1 N–H and O–H groups in total. The zero-order valence-electron chi connectivity index (χ0n) is 32.6. The maximum atomic E-state index is 14.8. The van der Waals surface area contributed by atoms with Gasteiger partial charge in [-0.25, -0.2) is 4.98 Å². The average Bonchev–Trinajstić information content (AvgIpc) is 3.32. The van der Waals surface area contributed by atoms with Gasteiger partial charge in [0.2, 0.25) is 0 Å². The normalized spacial score (nSPS) is 13.0. The first-order chi connectivity index (χ1) is 26.2. The van der Waals surface area contributed by atoms with Crippen LogP contribution < -0.4 is 27.0 Å². The second kappa shape index (κ2) is 12.1. The van der Waals surface area contributed by atoms with Crippen molar-refractivity contribution in [3.63, 3.8) is 0 Å². The monoisotopic (exact) mass is 732 g/mol. The van der Waals surface area contributed by atoms with Crippen LogP contribution in [0.1, 0.15) is 67.5 Å². The molecular formula is C46H44N4O5. The number of hydrogen-bond acceptors (Lipinski definition) is 6. The summed E-state index contributed by atoms with van der Waals surface area (Å²) in [5, 5.41) is 7.81. The zero-order chi connectivity index (χ0) is 38.9. The van der Waals surface area contributed by atoms with Crippen LogP contribution in [0.3, 0.4) is 0 Å². The number of nitrogens with zero attached hydrogens (tertiary/aromatic N) is 3. The molecule has 9 heteroatoms. The van der Waals surface area contributed by atoms with E-state index < -0.39 is 0 Å². The molecule has 3 heterocycles. The number of aromatic amines is 1. The van der Waals surface area contributed by atoms with E-state index in [2.05, 4.69) is 4.98 Å². The van der Waals surface area contributed by atoms with Gasteiger partial charge in [-0.15, -0.1) is 0 Å². The van der Waals surface area contributed by atoms with Crippen molar-refractivity contribution >= 4 is 75.7 Å². The van der Waals surface area contributed by atoms with Crippen molar-refractivity contribution in [2.45, 2.75) is 67.5 Å². The minimum Gasteiger partial charge on any atom is -0.497 e. The van der Waals surface area contributed by atoms with Crippen molar-refractivity contribution in [2.75, 3.05) is 7.11 Å². The molecular weight excluding hydrogens is 689 g/mol. The van der Waals surface area contributed by atoms with Gasteiger partial charge in [0.05, 0.1) is 23.4 Å². The van der Waals surface area contributed by atoms with Crippen LogP contribution in [0, 0.1) is 23.7 Å². The predicted octanol–water partition coefficient (Wildman–Crippen LogP) is 9.22. The highest BCUT2D eigenvalue weighted by molar-refractivity contribution is 6.44. The molecule has 0 radical (unpaired) electrons. The van der Waals surface area contributed by atoms with Crippen LogP contribution in [-0.2, 0) is 0 Å². The summed E-state index contributed by atoms with van der Waals surface area (Å²) >= 11 is 0. The van der Waals surface area contributed by atoms with Crippen LogP contribution in [0.5, 0.6) is 5.75 Å². The fraction of sp³-hybridized carbons (Fsp3) is 0.326. The number of methoxy groups -OCH3 is 1. The van der Waals surface area contributed by atoms with Crippen molar-refractivity contribution < 1.29 is 4.74 Å². The van der Waals surface area contributed by atoms with Gasteiger partial charge in [-0.3, -0.25) is 28.3 Å². The molecule has 278 valence electrons. The van der Waals surface area contributed by atoms with Gasteiger partial charge < -0.3 is 9.72 Å². The first-order valence-corrected chi connectivity index (χ1v) is 19.3. The Labute approximate surface area is 316 Å². The highest BCUT2D eigenvalue weighted by Gasteiger charge is 2.31. The van der Waals surface area contributed by atoms with E-state index in [4.69, 9.17) is 9.72 Å². The van der Waals surface area contributed by atoms with Crippen LogP contribution >= 0.6 is 0 Å². The van der Waals surface area contributed by atoms with Gasteiger partial charge in [-0.1, -0.05) is 67.5 Å². The van der Waals surface area contributed by atoms with Gasteiger partial charge in [0.25, 0.3) is 22.2 Å².